The average Bonchev–Trinajstić information content (AvgIpc) is 2.36. The van der Waals surface area contributed by atoms with E-state index in [-0.39, 0.29) is 24.4 Å². The van der Waals surface area contributed by atoms with Crippen LogP contribution in [-0.4, -0.2) is 26.6 Å². The van der Waals surface area contributed by atoms with Crippen LogP contribution in [-0.2, 0) is 4.79 Å². The number of rotatable bonds is 6. The van der Waals surface area contributed by atoms with Crippen molar-refractivity contribution in [2.75, 3.05) is 20.7 Å². The highest BCUT2D eigenvalue weighted by atomic mass is 35.5. The van der Waals surface area contributed by atoms with Gasteiger partial charge in [-0.05, 0) is 27.0 Å². The summed E-state index contributed by atoms with van der Waals surface area (Å²) in [6, 6.07) is 5.92. The van der Waals surface area contributed by atoms with Crippen molar-refractivity contribution in [3.8, 4) is 5.75 Å². The lowest BCUT2D eigenvalue weighted by molar-refractivity contribution is -0.121. The fourth-order valence-corrected chi connectivity index (χ4v) is 1.82. The Morgan fingerprint density at radius 3 is 2.68 bits per heavy atom. The minimum atomic E-state index is -0.0517. The zero-order chi connectivity index (χ0) is 13.5. The molecule has 1 aromatic carbocycles. The summed E-state index contributed by atoms with van der Waals surface area (Å²) in [7, 11) is 3.48. The molecule has 0 spiro atoms. The standard InChI is InChI=1S/C14H22N2O2.ClH/c1-10-5-6-13(18-4)12(9-10)11(2)16-14(17)7-8-15-3;/h5-6,9,11,15H,7-8H2,1-4H3,(H,16,17);1H. The molecule has 1 rings (SSSR count). The molecule has 0 saturated carbocycles. The molecule has 0 radical (unpaired) electrons. The molecule has 1 unspecified atom stereocenters. The van der Waals surface area contributed by atoms with E-state index in [1.807, 2.05) is 39.1 Å². The molecule has 0 saturated heterocycles. The SMILES string of the molecule is CNCCC(=O)NC(C)c1cc(C)ccc1OC.Cl. The molecule has 0 bridgehead atoms. The number of carbonyl (C=O) groups excluding carboxylic acids is 1. The number of aryl methyl sites for hydroxylation is 1. The van der Waals surface area contributed by atoms with E-state index in [1.54, 1.807) is 7.11 Å². The van der Waals surface area contributed by atoms with Crippen LogP contribution >= 0.6 is 12.4 Å². The van der Waals surface area contributed by atoms with Gasteiger partial charge in [-0.2, -0.15) is 0 Å². The number of halogens is 1. The number of hydrogen-bond donors (Lipinski definition) is 2. The second-order valence-electron chi connectivity index (χ2n) is 4.39. The summed E-state index contributed by atoms with van der Waals surface area (Å²) in [5.74, 6) is 0.849. The second-order valence-corrected chi connectivity index (χ2v) is 4.39. The van der Waals surface area contributed by atoms with Gasteiger partial charge < -0.3 is 15.4 Å². The van der Waals surface area contributed by atoms with Crippen molar-refractivity contribution in [2.45, 2.75) is 26.3 Å². The molecule has 4 nitrogen and oxygen atoms in total. The molecule has 1 aromatic rings. The molecule has 108 valence electrons. The van der Waals surface area contributed by atoms with Crippen molar-refractivity contribution in [3.05, 3.63) is 29.3 Å². The number of ether oxygens (including phenoxy) is 1. The van der Waals surface area contributed by atoms with Gasteiger partial charge in [0.15, 0.2) is 0 Å². The number of benzene rings is 1. The van der Waals surface area contributed by atoms with Gasteiger partial charge in [0.05, 0.1) is 13.2 Å². The predicted molar refractivity (Wildman–Crippen MR) is 80.1 cm³/mol. The highest BCUT2D eigenvalue weighted by Crippen LogP contribution is 2.25. The molecular formula is C14H23ClN2O2. The summed E-state index contributed by atoms with van der Waals surface area (Å²) in [6.07, 6.45) is 0.481. The van der Waals surface area contributed by atoms with Crippen LogP contribution in [0.15, 0.2) is 18.2 Å². The Balaban J connectivity index is 0.00000324. The third-order valence-electron chi connectivity index (χ3n) is 2.83. The van der Waals surface area contributed by atoms with E-state index in [1.165, 1.54) is 0 Å². The lowest BCUT2D eigenvalue weighted by Crippen LogP contribution is -2.29. The number of hydrogen-bond acceptors (Lipinski definition) is 3. The first-order valence-electron chi connectivity index (χ1n) is 6.17. The molecule has 0 aliphatic carbocycles. The van der Waals surface area contributed by atoms with Gasteiger partial charge in [0.2, 0.25) is 5.91 Å². The maximum absolute atomic E-state index is 11.7. The number of carbonyl (C=O) groups is 1. The van der Waals surface area contributed by atoms with E-state index in [0.717, 1.165) is 16.9 Å². The number of nitrogens with one attached hydrogen (secondary N) is 2. The predicted octanol–water partition coefficient (Wildman–Crippen LogP) is 2.21. The Hall–Kier alpha value is -1.26. The monoisotopic (exact) mass is 286 g/mol. The maximum atomic E-state index is 11.7. The molecule has 0 fully saturated rings. The van der Waals surface area contributed by atoms with Crippen LogP contribution < -0.4 is 15.4 Å². The Bertz CT molecular complexity index is 410. The van der Waals surface area contributed by atoms with Gasteiger partial charge in [-0.1, -0.05) is 17.7 Å². The molecule has 0 aliphatic heterocycles. The highest BCUT2D eigenvalue weighted by molar-refractivity contribution is 5.85. The molecule has 0 aromatic heterocycles. The van der Waals surface area contributed by atoms with E-state index in [9.17, 15) is 4.79 Å². The first kappa shape index (κ1) is 17.7. The molecule has 0 heterocycles. The van der Waals surface area contributed by atoms with E-state index >= 15 is 0 Å². The fraction of sp³-hybridized carbons (Fsp3) is 0.500. The number of methoxy groups -OCH3 is 1. The van der Waals surface area contributed by atoms with E-state index < -0.39 is 0 Å². The van der Waals surface area contributed by atoms with Crippen LogP contribution in [0.4, 0.5) is 0 Å². The van der Waals surface area contributed by atoms with Crippen molar-refractivity contribution in [1.82, 2.24) is 10.6 Å². The lowest BCUT2D eigenvalue weighted by Gasteiger charge is -2.18. The molecule has 19 heavy (non-hydrogen) atoms. The summed E-state index contributed by atoms with van der Waals surface area (Å²) < 4.78 is 5.32. The van der Waals surface area contributed by atoms with Crippen LogP contribution in [0.5, 0.6) is 5.75 Å². The van der Waals surface area contributed by atoms with E-state index in [4.69, 9.17) is 4.74 Å². The summed E-state index contributed by atoms with van der Waals surface area (Å²) in [5, 5.41) is 5.93. The summed E-state index contributed by atoms with van der Waals surface area (Å²) in [5.41, 5.74) is 2.16. The second kappa shape index (κ2) is 8.77. The van der Waals surface area contributed by atoms with Gasteiger partial charge in [0.1, 0.15) is 5.75 Å². The first-order valence-corrected chi connectivity index (χ1v) is 6.17. The molecule has 2 N–H and O–H groups in total. The molecule has 5 heteroatoms. The lowest BCUT2D eigenvalue weighted by atomic mass is 10.0. The fourth-order valence-electron chi connectivity index (χ4n) is 1.82. The highest BCUT2D eigenvalue weighted by Gasteiger charge is 2.13. The van der Waals surface area contributed by atoms with E-state index in [0.29, 0.717) is 13.0 Å². The molecule has 0 aliphatic rings. The van der Waals surface area contributed by atoms with Crippen molar-refractivity contribution in [2.24, 2.45) is 0 Å². The molecule has 1 atom stereocenters. The van der Waals surface area contributed by atoms with Crippen LogP contribution in [0.2, 0.25) is 0 Å². The minimum absolute atomic E-state index is 0. The Labute approximate surface area is 121 Å². The van der Waals surface area contributed by atoms with Crippen molar-refractivity contribution in [1.29, 1.82) is 0 Å². The van der Waals surface area contributed by atoms with Crippen LogP contribution in [0.25, 0.3) is 0 Å². The van der Waals surface area contributed by atoms with Gasteiger partial charge in [0.25, 0.3) is 0 Å². The van der Waals surface area contributed by atoms with Crippen molar-refractivity contribution >= 4 is 18.3 Å². The topological polar surface area (TPSA) is 50.4 Å². The third kappa shape index (κ3) is 5.49. The van der Waals surface area contributed by atoms with Crippen molar-refractivity contribution in [3.63, 3.8) is 0 Å². The Kier molecular flexibility index (Phi) is 8.19. The summed E-state index contributed by atoms with van der Waals surface area (Å²) in [4.78, 5) is 11.7. The number of amides is 1. The molecule has 1 amide bonds. The van der Waals surface area contributed by atoms with Gasteiger partial charge in [0, 0.05) is 18.5 Å². The average molecular weight is 287 g/mol. The van der Waals surface area contributed by atoms with Crippen LogP contribution in [0, 0.1) is 6.92 Å². The van der Waals surface area contributed by atoms with Gasteiger partial charge in [-0.15, -0.1) is 12.4 Å². The smallest absolute Gasteiger partial charge is 0.221 e. The van der Waals surface area contributed by atoms with Gasteiger partial charge in [-0.25, -0.2) is 0 Å². The Morgan fingerprint density at radius 2 is 2.11 bits per heavy atom. The zero-order valence-corrected chi connectivity index (χ0v) is 12.8. The summed E-state index contributed by atoms with van der Waals surface area (Å²) in [6.45, 7) is 4.68. The van der Waals surface area contributed by atoms with Crippen LogP contribution in [0.3, 0.4) is 0 Å². The first-order chi connectivity index (χ1) is 8.58. The third-order valence-corrected chi connectivity index (χ3v) is 2.83. The van der Waals surface area contributed by atoms with Gasteiger partial charge >= 0.3 is 0 Å². The van der Waals surface area contributed by atoms with Gasteiger partial charge in [-0.3, -0.25) is 4.79 Å². The zero-order valence-electron chi connectivity index (χ0n) is 11.9. The van der Waals surface area contributed by atoms with E-state index in [2.05, 4.69) is 10.6 Å². The Morgan fingerprint density at radius 1 is 1.42 bits per heavy atom. The van der Waals surface area contributed by atoms with Crippen molar-refractivity contribution < 1.29 is 9.53 Å². The normalized spacial score (nSPS) is 11.4. The quantitative estimate of drug-likeness (QED) is 0.843. The minimum Gasteiger partial charge on any atom is -0.496 e. The van der Waals surface area contributed by atoms with Crippen LogP contribution in [0.1, 0.15) is 30.5 Å². The maximum Gasteiger partial charge on any atom is 0.221 e. The largest absolute Gasteiger partial charge is 0.496 e. The summed E-state index contributed by atoms with van der Waals surface area (Å²) >= 11 is 0. The molecular weight excluding hydrogens is 264 g/mol.